The number of nitrogens with one attached hydrogen (secondary N) is 2. The molecule has 0 aromatic heterocycles. The normalized spacial score (nSPS) is 17.3. The van der Waals surface area contributed by atoms with E-state index in [4.69, 9.17) is 0 Å². The molecule has 12 heteroatoms. The van der Waals surface area contributed by atoms with Crippen LogP contribution in [0.2, 0.25) is 0 Å². The van der Waals surface area contributed by atoms with Crippen molar-refractivity contribution >= 4 is 28.6 Å². The highest BCUT2D eigenvalue weighted by molar-refractivity contribution is 7.90. The van der Waals surface area contributed by atoms with E-state index in [-0.39, 0.29) is 5.82 Å². The number of anilines is 1. The van der Waals surface area contributed by atoms with Gasteiger partial charge in [0.1, 0.15) is 12.7 Å². The summed E-state index contributed by atoms with van der Waals surface area (Å²) in [5.74, 6) is 0.217. The zero-order valence-corrected chi connectivity index (χ0v) is 12.0. The summed E-state index contributed by atoms with van der Waals surface area (Å²) in [6, 6.07) is 4.27. The molecule has 8 nitrogen and oxygen atoms in total. The van der Waals surface area contributed by atoms with Crippen LogP contribution in [0.25, 0.3) is 0 Å². The number of hydrogen-bond acceptors (Lipinski definition) is 6. The van der Waals surface area contributed by atoms with Crippen LogP contribution in [0.4, 0.5) is 18.9 Å². The molecule has 0 aliphatic carbocycles. The van der Waals surface area contributed by atoms with Crippen molar-refractivity contribution in [3.8, 4) is 0 Å². The van der Waals surface area contributed by atoms with Crippen molar-refractivity contribution in [1.29, 1.82) is 0 Å². The number of hydrogen-bond donors (Lipinski definition) is 2. The Hall–Kier alpha value is -2.60. The minimum Gasteiger partial charge on any atom is -0.265 e. The number of hydrazine groups is 2. The molecule has 1 aromatic carbocycles. The molecule has 0 fully saturated rings. The summed E-state index contributed by atoms with van der Waals surface area (Å²) >= 11 is 0. The Kier molecular flexibility index (Phi) is 3.49. The molecular weight excluding hydrogens is 337 g/mol. The first-order valence-corrected chi connectivity index (χ1v) is 7.53. The molecule has 23 heavy (non-hydrogen) atoms. The lowest BCUT2D eigenvalue weighted by Gasteiger charge is -2.21. The van der Waals surface area contributed by atoms with E-state index in [0.717, 1.165) is 18.3 Å². The van der Waals surface area contributed by atoms with E-state index in [1.54, 1.807) is 0 Å². The number of nitrogens with zero attached hydrogens (tertiary/aromatic N) is 4. The summed E-state index contributed by atoms with van der Waals surface area (Å²) in [6.45, 7) is 0. The van der Waals surface area contributed by atoms with Gasteiger partial charge in [-0.05, 0) is 12.1 Å². The minimum atomic E-state index is -4.69. The molecule has 0 atom stereocenters. The second-order valence-electron chi connectivity index (χ2n) is 4.41. The number of aliphatic imine (C=N–C) groups is 2. The van der Waals surface area contributed by atoms with Gasteiger partial charge in [-0.15, -0.1) is 5.53 Å². The van der Waals surface area contributed by atoms with Crippen LogP contribution >= 0.6 is 0 Å². The van der Waals surface area contributed by atoms with Gasteiger partial charge in [0.05, 0.1) is 17.5 Å². The molecule has 2 heterocycles. The van der Waals surface area contributed by atoms with Gasteiger partial charge < -0.3 is 0 Å². The Morgan fingerprint density at radius 2 is 1.96 bits per heavy atom. The molecule has 122 valence electrons. The van der Waals surface area contributed by atoms with Gasteiger partial charge in [-0.1, -0.05) is 12.1 Å². The van der Waals surface area contributed by atoms with Gasteiger partial charge in [-0.25, -0.2) is 15.0 Å². The first-order chi connectivity index (χ1) is 10.8. The molecule has 0 radical (unpaired) electrons. The first kappa shape index (κ1) is 15.3. The zero-order chi connectivity index (χ0) is 16.7. The summed E-state index contributed by atoms with van der Waals surface area (Å²) in [5.41, 5.74) is 0.720. The van der Waals surface area contributed by atoms with Gasteiger partial charge in [0.25, 0.3) is 0 Å². The third kappa shape index (κ3) is 2.98. The van der Waals surface area contributed by atoms with E-state index in [0.29, 0.717) is 4.41 Å². The molecule has 1 aromatic rings. The highest BCUT2D eigenvalue weighted by Gasteiger charge is 2.36. The maximum atomic E-state index is 12.9. The standard InChI is InChI=1S/C11H9F3N6O2S/c12-11(13,14)8-3-1-2-4-9(8)17-23(21,22)20-5-10-16-6-15-7-19(10)18-20/h1-7,17-18H. The molecule has 0 bridgehead atoms. The van der Waals surface area contributed by atoms with Gasteiger partial charge >= 0.3 is 16.4 Å². The number of rotatable bonds is 3. The van der Waals surface area contributed by atoms with Crippen LogP contribution in [0.3, 0.4) is 0 Å². The van der Waals surface area contributed by atoms with Crippen molar-refractivity contribution in [2.45, 2.75) is 6.18 Å². The Bertz CT molecular complexity index is 817. The average Bonchev–Trinajstić information content (AvgIpc) is 2.91. The number of para-hydroxylation sites is 1. The predicted molar refractivity (Wildman–Crippen MR) is 75.9 cm³/mol. The number of fused-ring (bicyclic) bond motifs is 1. The molecule has 2 aliphatic rings. The van der Waals surface area contributed by atoms with Crippen LogP contribution in [0.15, 0.2) is 46.3 Å². The largest absolute Gasteiger partial charge is 0.418 e. The fraction of sp³-hybridized carbons (Fsp3) is 0.0909. The van der Waals surface area contributed by atoms with E-state index in [1.165, 1.54) is 29.8 Å². The fourth-order valence-corrected chi connectivity index (χ4v) is 2.84. The monoisotopic (exact) mass is 346 g/mol. The van der Waals surface area contributed by atoms with E-state index in [9.17, 15) is 21.6 Å². The van der Waals surface area contributed by atoms with Crippen molar-refractivity contribution in [3.63, 3.8) is 0 Å². The van der Waals surface area contributed by atoms with Crippen LogP contribution in [0.1, 0.15) is 5.56 Å². The van der Waals surface area contributed by atoms with Crippen molar-refractivity contribution in [1.82, 2.24) is 15.0 Å². The van der Waals surface area contributed by atoms with Crippen LogP contribution in [-0.2, 0) is 16.4 Å². The maximum Gasteiger partial charge on any atom is 0.418 e. The van der Waals surface area contributed by atoms with Crippen LogP contribution in [-0.4, -0.2) is 30.5 Å². The van der Waals surface area contributed by atoms with Gasteiger partial charge in [-0.2, -0.15) is 26.0 Å². The minimum absolute atomic E-state index is 0.217. The van der Waals surface area contributed by atoms with Crippen molar-refractivity contribution in [3.05, 3.63) is 41.8 Å². The Balaban J connectivity index is 1.88. The SMILES string of the molecule is O=S(=O)(Nc1ccccc1C(F)(F)F)N1C=C2N=CN=CN2N1. The smallest absolute Gasteiger partial charge is 0.265 e. The molecule has 0 amide bonds. The number of halogens is 3. The van der Waals surface area contributed by atoms with Crippen molar-refractivity contribution < 1.29 is 21.6 Å². The van der Waals surface area contributed by atoms with E-state index >= 15 is 0 Å². The molecule has 0 saturated heterocycles. The van der Waals surface area contributed by atoms with Crippen molar-refractivity contribution in [2.24, 2.45) is 9.98 Å². The third-order valence-electron chi connectivity index (χ3n) is 2.85. The summed E-state index contributed by atoms with van der Waals surface area (Å²) in [4.78, 5) is 7.49. The van der Waals surface area contributed by atoms with Gasteiger partial charge in [0, 0.05) is 0 Å². The predicted octanol–water partition coefficient (Wildman–Crippen LogP) is 1.27. The molecule has 2 N–H and O–H groups in total. The molecule has 3 rings (SSSR count). The lowest BCUT2D eigenvalue weighted by atomic mass is 10.2. The van der Waals surface area contributed by atoms with E-state index in [1.807, 2.05) is 4.72 Å². The molecular formula is C11H9F3N6O2S. The first-order valence-electron chi connectivity index (χ1n) is 6.09. The highest BCUT2D eigenvalue weighted by Crippen LogP contribution is 2.35. The number of alkyl halides is 3. The van der Waals surface area contributed by atoms with E-state index in [2.05, 4.69) is 15.5 Å². The van der Waals surface area contributed by atoms with Crippen molar-refractivity contribution in [2.75, 3.05) is 4.72 Å². The molecule has 0 unspecified atom stereocenters. The quantitative estimate of drug-likeness (QED) is 0.863. The fourth-order valence-electron chi connectivity index (χ4n) is 1.85. The molecule has 0 saturated carbocycles. The zero-order valence-electron chi connectivity index (χ0n) is 11.2. The molecule has 0 spiro atoms. The summed E-state index contributed by atoms with van der Waals surface area (Å²) < 4.78 is 65.7. The Morgan fingerprint density at radius 3 is 2.65 bits per heavy atom. The third-order valence-corrected chi connectivity index (χ3v) is 4.04. The number of benzene rings is 1. The van der Waals surface area contributed by atoms with Gasteiger partial charge in [0.2, 0.25) is 0 Å². The second kappa shape index (κ2) is 5.24. The van der Waals surface area contributed by atoms with Gasteiger partial charge in [0.15, 0.2) is 5.82 Å². The van der Waals surface area contributed by atoms with Crippen LogP contribution in [0, 0.1) is 0 Å². The summed E-state index contributed by atoms with van der Waals surface area (Å²) in [7, 11) is -4.34. The van der Waals surface area contributed by atoms with Gasteiger partial charge in [-0.3, -0.25) is 4.72 Å². The lowest BCUT2D eigenvalue weighted by molar-refractivity contribution is -0.136. The van der Waals surface area contributed by atoms with Crippen LogP contribution in [0.5, 0.6) is 0 Å². The Morgan fingerprint density at radius 1 is 1.22 bits per heavy atom. The second-order valence-corrected chi connectivity index (χ2v) is 5.96. The lowest BCUT2D eigenvalue weighted by Crippen LogP contribution is -2.45. The molecule has 2 aliphatic heterocycles. The average molecular weight is 346 g/mol. The summed E-state index contributed by atoms with van der Waals surface area (Å²) in [5, 5.41) is 1.19. The van der Waals surface area contributed by atoms with Crippen LogP contribution < -0.4 is 10.3 Å². The Labute approximate surface area is 128 Å². The van der Waals surface area contributed by atoms with E-state index < -0.39 is 27.6 Å². The highest BCUT2D eigenvalue weighted by atomic mass is 32.2. The summed E-state index contributed by atoms with van der Waals surface area (Å²) in [6.07, 6.45) is -1.13. The maximum absolute atomic E-state index is 12.9. The topological polar surface area (TPSA) is 89.4 Å².